The zero-order valence-corrected chi connectivity index (χ0v) is 17.7. The minimum Gasteiger partial charge on any atom is -0.375 e. The number of benzene rings is 2. The van der Waals surface area contributed by atoms with E-state index in [1.54, 1.807) is 4.90 Å². The van der Waals surface area contributed by atoms with Gasteiger partial charge in [0.05, 0.1) is 11.2 Å². The van der Waals surface area contributed by atoms with Crippen LogP contribution in [-0.4, -0.2) is 71.2 Å². The van der Waals surface area contributed by atoms with Crippen molar-refractivity contribution in [2.24, 2.45) is 0 Å². The Morgan fingerprint density at radius 3 is 2.65 bits per heavy atom. The number of carbonyl (C=O) groups excluding carboxylic acids is 2. The number of nitrogens with zero attached hydrogens (tertiary/aromatic N) is 3. The van der Waals surface area contributed by atoms with Crippen molar-refractivity contribution in [3.05, 3.63) is 65.4 Å². The maximum Gasteiger partial charge on any atom is 0.253 e. The number of aromatic amines is 1. The van der Waals surface area contributed by atoms with Crippen LogP contribution in [0.1, 0.15) is 28.5 Å². The quantitative estimate of drug-likeness (QED) is 0.691. The highest BCUT2D eigenvalue weighted by atomic mass is 16.5. The lowest BCUT2D eigenvalue weighted by atomic mass is 10.1. The number of hydrogen-bond donors (Lipinski definition) is 1. The molecule has 160 valence electrons. The first-order chi connectivity index (χ1) is 15.1. The molecular formula is C24H26N4O3. The zero-order chi connectivity index (χ0) is 21.8. The molecule has 0 radical (unpaired) electrons. The number of rotatable bonds is 5. The van der Waals surface area contributed by atoms with E-state index in [-0.39, 0.29) is 24.5 Å². The normalized spacial score (nSPS) is 16.9. The van der Waals surface area contributed by atoms with Gasteiger partial charge in [-0.3, -0.25) is 14.7 Å². The third-order valence-electron chi connectivity index (χ3n) is 5.59. The van der Waals surface area contributed by atoms with Gasteiger partial charge in [-0.2, -0.15) is 5.10 Å². The average Bonchev–Trinajstić information content (AvgIpc) is 3.21. The molecule has 1 aliphatic heterocycles. The van der Waals surface area contributed by atoms with E-state index in [0.717, 1.165) is 22.2 Å². The molecule has 0 unspecified atom stereocenters. The second kappa shape index (κ2) is 9.14. The second-order valence-corrected chi connectivity index (χ2v) is 7.73. The molecule has 1 saturated heterocycles. The van der Waals surface area contributed by atoms with Gasteiger partial charge in [-0.25, -0.2) is 0 Å². The number of piperazine rings is 1. The molecule has 7 nitrogen and oxygen atoms in total. The van der Waals surface area contributed by atoms with Crippen molar-refractivity contribution in [2.75, 3.05) is 33.4 Å². The summed E-state index contributed by atoms with van der Waals surface area (Å²) in [4.78, 5) is 28.6. The molecule has 3 aromatic rings. The molecule has 2 aromatic carbocycles. The van der Waals surface area contributed by atoms with E-state index in [1.165, 1.54) is 7.11 Å². The van der Waals surface area contributed by atoms with Crippen molar-refractivity contribution in [2.45, 2.75) is 13.0 Å². The highest BCUT2D eigenvalue weighted by Crippen LogP contribution is 2.19. The largest absolute Gasteiger partial charge is 0.375 e. The molecule has 2 amide bonds. The maximum atomic E-state index is 12.9. The van der Waals surface area contributed by atoms with Gasteiger partial charge < -0.3 is 14.5 Å². The molecule has 0 spiro atoms. The van der Waals surface area contributed by atoms with E-state index in [1.807, 2.05) is 72.5 Å². The molecule has 1 aromatic heterocycles. The minimum atomic E-state index is -0.0390. The van der Waals surface area contributed by atoms with Crippen molar-refractivity contribution in [3.8, 4) is 0 Å². The van der Waals surface area contributed by atoms with E-state index in [0.29, 0.717) is 25.2 Å². The summed E-state index contributed by atoms with van der Waals surface area (Å²) < 4.78 is 4.94. The standard InChI is InChI=1S/C24H26N4O3/c1-17-15-27(13-14-28(17)23(29)16-31-2)24(30)19-10-7-18(8-11-19)9-12-22-20-5-3-4-6-21(20)25-26-22/h3-12,17H,13-16H2,1-2H3,(H,25,26)/t17-/m0/s1. The van der Waals surface area contributed by atoms with Crippen molar-refractivity contribution in [1.82, 2.24) is 20.0 Å². The van der Waals surface area contributed by atoms with E-state index in [4.69, 9.17) is 4.74 Å². The molecule has 1 atom stereocenters. The van der Waals surface area contributed by atoms with Gasteiger partial charge in [0.15, 0.2) is 0 Å². The Bertz CT molecular complexity index is 1100. The van der Waals surface area contributed by atoms with Crippen LogP contribution < -0.4 is 0 Å². The van der Waals surface area contributed by atoms with E-state index in [2.05, 4.69) is 10.2 Å². The number of methoxy groups -OCH3 is 1. The van der Waals surface area contributed by atoms with Crippen LogP contribution >= 0.6 is 0 Å². The number of amides is 2. The lowest BCUT2D eigenvalue weighted by Gasteiger charge is -2.39. The van der Waals surface area contributed by atoms with Crippen molar-refractivity contribution >= 4 is 34.9 Å². The third-order valence-corrected chi connectivity index (χ3v) is 5.59. The number of H-pyrrole nitrogens is 1. The summed E-state index contributed by atoms with van der Waals surface area (Å²) in [6, 6.07) is 15.5. The van der Waals surface area contributed by atoms with Crippen molar-refractivity contribution in [3.63, 3.8) is 0 Å². The summed E-state index contributed by atoms with van der Waals surface area (Å²) in [5.74, 6) is -0.0533. The van der Waals surface area contributed by atoms with Gasteiger partial charge in [-0.05, 0) is 36.8 Å². The molecule has 0 saturated carbocycles. The van der Waals surface area contributed by atoms with Crippen LogP contribution in [0, 0.1) is 0 Å². The number of carbonyl (C=O) groups is 2. The molecular weight excluding hydrogens is 392 g/mol. The summed E-state index contributed by atoms with van der Waals surface area (Å²) >= 11 is 0. The fraction of sp³-hybridized carbons (Fsp3) is 0.292. The third kappa shape index (κ3) is 4.51. The fourth-order valence-corrected chi connectivity index (χ4v) is 3.93. The molecule has 31 heavy (non-hydrogen) atoms. The summed E-state index contributed by atoms with van der Waals surface area (Å²) in [5.41, 5.74) is 3.52. The summed E-state index contributed by atoms with van der Waals surface area (Å²) in [6.45, 7) is 3.59. The van der Waals surface area contributed by atoms with Gasteiger partial charge in [0.2, 0.25) is 5.91 Å². The van der Waals surface area contributed by atoms with Gasteiger partial charge in [0.1, 0.15) is 6.61 Å². The molecule has 7 heteroatoms. The van der Waals surface area contributed by atoms with Gasteiger partial charge >= 0.3 is 0 Å². The van der Waals surface area contributed by atoms with Crippen LogP contribution in [0.5, 0.6) is 0 Å². The van der Waals surface area contributed by atoms with Crippen LogP contribution in [0.4, 0.5) is 0 Å². The van der Waals surface area contributed by atoms with Crippen molar-refractivity contribution < 1.29 is 14.3 Å². The first kappa shape index (κ1) is 20.8. The summed E-state index contributed by atoms with van der Waals surface area (Å²) in [5, 5.41) is 8.44. The number of ether oxygens (including phenoxy) is 1. The Kier molecular flexibility index (Phi) is 6.13. The Morgan fingerprint density at radius 2 is 1.90 bits per heavy atom. The number of para-hydroxylation sites is 1. The van der Waals surface area contributed by atoms with Crippen LogP contribution in [0.15, 0.2) is 48.5 Å². The average molecular weight is 418 g/mol. The van der Waals surface area contributed by atoms with E-state index < -0.39 is 0 Å². The lowest BCUT2D eigenvalue weighted by molar-refractivity contribution is -0.139. The van der Waals surface area contributed by atoms with E-state index in [9.17, 15) is 9.59 Å². The SMILES string of the molecule is COCC(=O)N1CCN(C(=O)c2ccc(C=Cc3n[nH]c4ccccc34)cc2)C[C@@H]1C. The predicted octanol–water partition coefficient (Wildman–Crippen LogP) is 3.05. The monoisotopic (exact) mass is 418 g/mol. The Labute approximate surface area is 181 Å². The molecule has 1 N–H and O–H groups in total. The summed E-state index contributed by atoms with van der Waals surface area (Å²) in [7, 11) is 1.51. The summed E-state index contributed by atoms with van der Waals surface area (Å²) in [6.07, 6.45) is 3.95. The Balaban J connectivity index is 1.40. The Morgan fingerprint density at radius 1 is 1.13 bits per heavy atom. The Hall–Kier alpha value is -3.45. The number of nitrogens with one attached hydrogen (secondary N) is 1. The van der Waals surface area contributed by atoms with Crippen LogP contribution in [0.2, 0.25) is 0 Å². The first-order valence-corrected chi connectivity index (χ1v) is 10.4. The van der Waals surface area contributed by atoms with E-state index >= 15 is 0 Å². The maximum absolute atomic E-state index is 12.9. The second-order valence-electron chi connectivity index (χ2n) is 7.73. The first-order valence-electron chi connectivity index (χ1n) is 10.4. The number of fused-ring (bicyclic) bond motifs is 1. The zero-order valence-electron chi connectivity index (χ0n) is 17.7. The molecule has 4 rings (SSSR count). The molecule has 0 bridgehead atoms. The van der Waals surface area contributed by atoms with Crippen LogP contribution in [-0.2, 0) is 9.53 Å². The molecule has 1 aliphatic rings. The lowest BCUT2D eigenvalue weighted by Crippen LogP contribution is -2.56. The topological polar surface area (TPSA) is 78.5 Å². The van der Waals surface area contributed by atoms with Gasteiger partial charge in [-0.15, -0.1) is 0 Å². The highest BCUT2D eigenvalue weighted by Gasteiger charge is 2.29. The van der Waals surface area contributed by atoms with Gasteiger partial charge in [0.25, 0.3) is 5.91 Å². The smallest absolute Gasteiger partial charge is 0.253 e. The molecule has 0 aliphatic carbocycles. The molecule has 2 heterocycles. The van der Waals surface area contributed by atoms with Crippen molar-refractivity contribution in [1.29, 1.82) is 0 Å². The number of hydrogen-bond acceptors (Lipinski definition) is 4. The highest BCUT2D eigenvalue weighted by molar-refractivity contribution is 5.95. The van der Waals surface area contributed by atoms with Crippen LogP contribution in [0.3, 0.4) is 0 Å². The minimum absolute atomic E-state index is 0.0143. The van der Waals surface area contributed by atoms with Crippen LogP contribution in [0.25, 0.3) is 23.1 Å². The number of aromatic nitrogens is 2. The predicted molar refractivity (Wildman–Crippen MR) is 120 cm³/mol. The fourth-order valence-electron chi connectivity index (χ4n) is 3.93. The molecule has 1 fully saturated rings. The van der Waals surface area contributed by atoms with Gasteiger partial charge in [-0.1, -0.05) is 36.4 Å². The van der Waals surface area contributed by atoms with Gasteiger partial charge in [0, 0.05) is 43.7 Å².